The Morgan fingerprint density at radius 1 is 1.19 bits per heavy atom. The van der Waals surface area contributed by atoms with E-state index >= 15 is 0 Å². The standard InChI is InChI=1S/C21H25N3O3/c1-12-9-16(12)24-20(26)15-10-17(23-18(11-15)21(27)22-3)19(13(2)25)14-7-5-4-6-8-14/h4-8,10-13,16,19,25H,9H2,1-3H3,(H,22,27)(H,24,26)/t12-,13?,16-,19?/m0/s1. The Kier molecular flexibility index (Phi) is 5.56. The molecule has 0 spiro atoms. The van der Waals surface area contributed by atoms with Gasteiger partial charge in [0, 0.05) is 18.7 Å². The lowest BCUT2D eigenvalue weighted by atomic mass is 9.89. The third-order valence-electron chi connectivity index (χ3n) is 4.95. The third-order valence-corrected chi connectivity index (χ3v) is 4.95. The van der Waals surface area contributed by atoms with Crippen molar-refractivity contribution in [3.63, 3.8) is 0 Å². The molecule has 1 fully saturated rings. The van der Waals surface area contributed by atoms with Gasteiger partial charge in [-0.3, -0.25) is 9.59 Å². The second-order valence-electron chi connectivity index (χ2n) is 7.17. The zero-order valence-corrected chi connectivity index (χ0v) is 15.8. The Bertz CT molecular complexity index is 836. The number of carbonyl (C=O) groups is 2. The fraction of sp³-hybridized carbons (Fsp3) is 0.381. The summed E-state index contributed by atoms with van der Waals surface area (Å²) in [5, 5.41) is 15.9. The van der Waals surface area contributed by atoms with E-state index in [1.54, 1.807) is 13.0 Å². The lowest BCUT2D eigenvalue weighted by Gasteiger charge is -2.21. The normalized spacial score (nSPS) is 20.4. The van der Waals surface area contributed by atoms with Crippen molar-refractivity contribution in [2.45, 2.75) is 38.3 Å². The van der Waals surface area contributed by atoms with Crippen molar-refractivity contribution in [1.29, 1.82) is 0 Å². The summed E-state index contributed by atoms with van der Waals surface area (Å²) < 4.78 is 0. The molecule has 1 aromatic heterocycles. The van der Waals surface area contributed by atoms with E-state index in [0.29, 0.717) is 17.2 Å². The van der Waals surface area contributed by atoms with E-state index in [-0.39, 0.29) is 23.6 Å². The Balaban J connectivity index is 2.03. The number of aliphatic hydroxyl groups excluding tert-OH is 1. The fourth-order valence-corrected chi connectivity index (χ4v) is 3.22. The molecule has 142 valence electrons. The molecule has 3 N–H and O–H groups in total. The smallest absolute Gasteiger partial charge is 0.269 e. The van der Waals surface area contributed by atoms with Crippen molar-refractivity contribution in [1.82, 2.24) is 15.6 Å². The van der Waals surface area contributed by atoms with E-state index in [2.05, 4.69) is 22.5 Å². The Morgan fingerprint density at radius 2 is 1.85 bits per heavy atom. The van der Waals surface area contributed by atoms with Gasteiger partial charge in [0.15, 0.2) is 0 Å². The average Bonchev–Trinajstić information content (AvgIpc) is 3.36. The monoisotopic (exact) mass is 367 g/mol. The zero-order valence-electron chi connectivity index (χ0n) is 15.8. The van der Waals surface area contributed by atoms with Crippen molar-refractivity contribution < 1.29 is 14.7 Å². The summed E-state index contributed by atoms with van der Waals surface area (Å²) in [6.45, 7) is 3.76. The van der Waals surface area contributed by atoms with Gasteiger partial charge in [-0.2, -0.15) is 0 Å². The lowest BCUT2D eigenvalue weighted by molar-refractivity contribution is 0.0948. The van der Waals surface area contributed by atoms with Crippen molar-refractivity contribution in [2.75, 3.05) is 7.05 Å². The topological polar surface area (TPSA) is 91.3 Å². The number of hydrogen-bond acceptors (Lipinski definition) is 4. The fourth-order valence-electron chi connectivity index (χ4n) is 3.22. The van der Waals surface area contributed by atoms with Crippen LogP contribution in [0.5, 0.6) is 0 Å². The van der Waals surface area contributed by atoms with Crippen LogP contribution >= 0.6 is 0 Å². The first-order valence-corrected chi connectivity index (χ1v) is 9.18. The van der Waals surface area contributed by atoms with Gasteiger partial charge in [0.05, 0.1) is 17.7 Å². The van der Waals surface area contributed by atoms with Gasteiger partial charge < -0.3 is 15.7 Å². The minimum atomic E-state index is -0.737. The number of pyridine rings is 1. The van der Waals surface area contributed by atoms with Gasteiger partial charge in [0.1, 0.15) is 5.69 Å². The number of nitrogens with one attached hydrogen (secondary N) is 2. The van der Waals surface area contributed by atoms with Gasteiger partial charge in [-0.05, 0) is 37.0 Å². The SMILES string of the molecule is CNC(=O)c1cc(C(=O)N[C@H]2C[C@@H]2C)cc(C(c2ccccc2)C(C)O)n1. The molecule has 0 aliphatic heterocycles. The van der Waals surface area contributed by atoms with Crippen molar-refractivity contribution in [3.05, 3.63) is 65.0 Å². The summed E-state index contributed by atoms with van der Waals surface area (Å²) in [5.41, 5.74) is 1.90. The maximum atomic E-state index is 12.7. The van der Waals surface area contributed by atoms with Crippen LogP contribution in [0, 0.1) is 5.92 Å². The summed E-state index contributed by atoms with van der Waals surface area (Å²) >= 11 is 0. The molecule has 1 aliphatic carbocycles. The summed E-state index contributed by atoms with van der Waals surface area (Å²) in [4.78, 5) is 29.3. The van der Waals surface area contributed by atoms with Crippen LogP contribution < -0.4 is 10.6 Å². The van der Waals surface area contributed by atoms with Crippen molar-refractivity contribution in [3.8, 4) is 0 Å². The Morgan fingerprint density at radius 3 is 2.41 bits per heavy atom. The van der Waals surface area contributed by atoms with E-state index in [1.165, 1.54) is 13.1 Å². The molecule has 0 saturated heterocycles. The lowest BCUT2D eigenvalue weighted by Crippen LogP contribution is -2.29. The quantitative estimate of drug-likeness (QED) is 0.729. The van der Waals surface area contributed by atoms with Crippen LogP contribution in [0.2, 0.25) is 0 Å². The molecule has 2 unspecified atom stereocenters. The van der Waals surface area contributed by atoms with Crippen LogP contribution in [0.15, 0.2) is 42.5 Å². The number of aliphatic hydroxyl groups is 1. The molecule has 1 aromatic carbocycles. The molecule has 3 rings (SSSR count). The Hall–Kier alpha value is -2.73. The highest BCUT2D eigenvalue weighted by molar-refractivity contribution is 5.98. The highest BCUT2D eigenvalue weighted by atomic mass is 16.3. The first-order valence-electron chi connectivity index (χ1n) is 9.18. The molecule has 1 saturated carbocycles. The molecule has 2 amide bonds. The van der Waals surface area contributed by atoms with Gasteiger partial charge in [0.2, 0.25) is 0 Å². The number of carbonyl (C=O) groups excluding carboxylic acids is 2. The number of hydrogen-bond donors (Lipinski definition) is 3. The molecule has 6 nitrogen and oxygen atoms in total. The predicted molar refractivity (Wildman–Crippen MR) is 103 cm³/mol. The molecular formula is C21H25N3O3. The van der Waals surface area contributed by atoms with Crippen LogP contribution in [0.4, 0.5) is 0 Å². The van der Waals surface area contributed by atoms with Gasteiger partial charge in [-0.1, -0.05) is 37.3 Å². The maximum Gasteiger partial charge on any atom is 0.269 e. The van der Waals surface area contributed by atoms with E-state index in [0.717, 1.165) is 12.0 Å². The summed E-state index contributed by atoms with van der Waals surface area (Å²) in [7, 11) is 1.52. The molecular weight excluding hydrogens is 342 g/mol. The first kappa shape index (κ1) is 19.0. The minimum Gasteiger partial charge on any atom is -0.392 e. The number of benzene rings is 1. The third kappa shape index (κ3) is 4.34. The molecule has 0 radical (unpaired) electrons. The van der Waals surface area contributed by atoms with E-state index < -0.39 is 12.0 Å². The second kappa shape index (κ2) is 7.88. The zero-order chi connectivity index (χ0) is 19.6. The number of aromatic nitrogens is 1. The summed E-state index contributed by atoms with van der Waals surface area (Å²) in [6, 6.07) is 12.8. The average molecular weight is 367 g/mol. The van der Waals surface area contributed by atoms with Crippen molar-refractivity contribution in [2.24, 2.45) is 5.92 Å². The first-order chi connectivity index (χ1) is 12.9. The van der Waals surface area contributed by atoms with Crippen LogP contribution in [0.1, 0.15) is 58.3 Å². The van der Waals surface area contributed by atoms with E-state index in [9.17, 15) is 14.7 Å². The molecule has 0 bridgehead atoms. The van der Waals surface area contributed by atoms with Crippen LogP contribution in [-0.4, -0.2) is 41.1 Å². The van der Waals surface area contributed by atoms with E-state index in [1.807, 2.05) is 30.3 Å². The summed E-state index contributed by atoms with van der Waals surface area (Å²) in [6.07, 6.45) is 0.228. The number of nitrogens with zero attached hydrogens (tertiary/aromatic N) is 1. The number of amides is 2. The summed E-state index contributed by atoms with van der Waals surface area (Å²) in [5.74, 6) is -0.566. The largest absolute Gasteiger partial charge is 0.392 e. The molecule has 6 heteroatoms. The molecule has 27 heavy (non-hydrogen) atoms. The molecule has 2 aromatic rings. The predicted octanol–water partition coefficient (Wildman–Crippen LogP) is 2.09. The molecule has 4 atom stereocenters. The Labute approximate surface area is 159 Å². The van der Waals surface area contributed by atoms with E-state index in [4.69, 9.17) is 0 Å². The van der Waals surface area contributed by atoms with Crippen LogP contribution in [-0.2, 0) is 0 Å². The highest BCUT2D eigenvalue weighted by Crippen LogP contribution is 2.30. The minimum absolute atomic E-state index is 0.158. The van der Waals surface area contributed by atoms with Crippen molar-refractivity contribution >= 4 is 11.8 Å². The molecule has 1 heterocycles. The maximum absolute atomic E-state index is 12.7. The van der Waals surface area contributed by atoms with Crippen LogP contribution in [0.3, 0.4) is 0 Å². The number of rotatable bonds is 6. The van der Waals surface area contributed by atoms with Gasteiger partial charge in [0.25, 0.3) is 11.8 Å². The van der Waals surface area contributed by atoms with Gasteiger partial charge >= 0.3 is 0 Å². The van der Waals surface area contributed by atoms with Gasteiger partial charge in [-0.15, -0.1) is 0 Å². The van der Waals surface area contributed by atoms with Gasteiger partial charge in [-0.25, -0.2) is 4.98 Å². The highest BCUT2D eigenvalue weighted by Gasteiger charge is 2.34. The van der Waals surface area contributed by atoms with Crippen LogP contribution in [0.25, 0.3) is 0 Å². The molecule has 1 aliphatic rings. The second-order valence-corrected chi connectivity index (χ2v) is 7.17.